The van der Waals surface area contributed by atoms with Crippen molar-refractivity contribution in [1.82, 2.24) is 4.98 Å². The van der Waals surface area contributed by atoms with Crippen molar-refractivity contribution in [2.45, 2.75) is 20.8 Å². The van der Waals surface area contributed by atoms with Crippen LogP contribution in [0.3, 0.4) is 0 Å². The molecule has 4 rings (SSSR count). The van der Waals surface area contributed by atoms with Gasteiger partial charge in [0.25, 0.3) is 0 Å². The first-order valence-electron chi connectivity index (χ1n) is 9.44. The van der Waals surface area contributed by atoms with Gasteiger partial charge in [0.05, 0.1) is 16.9 Å². The molecule has 0 saturated heterocycles. The number of ether oxygens (including phenoxy) is 1. The number of esters is 1. The molecule has 2 heterocycles. The monoisotopic (exact) mass is 495 g/mol. The van der Waals surface area contributed by atoms with Crippen molar-refractivity contribution in [2.75, 3.05) is 4.90 Å². The summed E-state index contributed by atoms with van der Waals surface area (Å²) in [5, 5.41) is 2.29. The number of rotatable bonds is 4. The van der Waals surface area contributed by atoms with Crippen molar-refractivity contribution in [3.8, 4) is 0 Å². The van der Waals surface area contributed by atoms with Crippen molar-refractivity contribution in [3.05, 3.63) is 80.4 Å². The number of aliphatic imine (C=N–C) groups is 1. The number of nitrogens with zero attached hydrogens (tertiary/aromatic N) is 3. The fraction of sp³-hybridized carbons (Fsp3) is 0.130. The fourth-order valence-corrected chi connectivity index (χ4v) is 4.33. The number of aryl methyl sites for hydroxylation is 2. The molecule has 0 fully saturated rings. The van der Waals surface area contributed by atoms with Crippen LogP contribution in [0.4, 0.5) is 10.8 Å². The summed E-state index contributed by atoms with van der Waals surface area (Å²) in [6.07, 6.45) is 1.56. The fourth-order valence-electron chi connectivity index (χ4n) is 3.04. The molecule has 0 spiro atoms. The Bertz CT molecular complexity index is 1260. The van der Waals surface area contributed by atoms with Gasteiger partial charge in [-0.15, -0.1) is 11.3 Å². The van der Waals surface area contributed by atoms with E-state index in [4.69, 9.17) is 4.74 Å². The third-order valence-corrected chi connectivity index (χ3v) is 6.31. The molecule has 0 N–H and O–H groups in total. The summed E-state index contributed by atoms with van der Waals surface area (Å²) in [6.45, 7) is 5.52. The third kappa shape index (κ3) is 4.35. The van der Waals surface area contributed by atoms with Gasteiger partial charge in [0.2, 0.25) is 11.8 Å². The highest BCUT2D eigenvalue weighted by Gasteiger charge is 2.26. The van der Waals surface area contributed by atoms with E-state index in [1.165, 1.54) is 18.3 Å². The van der Waals surface area contributed by atoms with E-state index in [1.54, 1.807) is 16.4 Å². The lowest BCUT2D eigenvalue weighted by molar-refractivity contribution is -0.130. The first kappa shape index (κ1) is 21.1. The van der Waals surface area contributed by atoms with Crippen LogP contribution in [0.5, 0.6) is 0 Å². The Morgan fingerprint density at radius 3 is 2.65 bits per heavy atom. The number of anilines is 2. The zero-order chi connectivity index (χ0) is 22.1. The molecule has 31 heavy (non-hydrogen) atoms. The van der Waals surface area contributed by atoms with Gasteiger partial charge in [-0.1, -0.05) is 18.2 Å². The molecular formula is C23H18BrN3O3S. The van der Waals surface area contributed by atoms with Gasteiger partial charge in [-0.05, 0) is 71.2 Å². The van der Waals surface area contributed by atoms with Gasteiger partial charge in [0.1, 0.15) is 0 Å². The van der Waals surface area contributed by atoms with Crippen LogP contribution < -0.4 is 4.90 Å². The van der Waals surface area contributed by atoms with E-state index in [2.05, 4.69) is 25.9 Å². The Hall–Kier alpha value is -3.10. The quantitative estimate of drug-likeness (QED) is 0.351. The van der Waals surface area contributed by atoms with Gasteiger partial charge in [-0.3, -0.25) is 9.69 Å². The number of thiazole rings is 1. The van der Waals surface area contributed by atoms with E-state index < -0.39 is 5.97 Å². The molecule has 1 aromatic heterocycles. The molecule has 0 bridgehead atoms. The van der Waals surface area contributed by atoms with Crippen molar-refractivity contribution in [2.24, 2.45) is 4.99 Å². The molecule has 0 radical (unpaired) electrons. The van der Waals surface area contributed by atoms with Crippen LogP contribution in [-0.4, -0.2) is 22.8 Å². The summed E-state index contributed by atoms with van der Waals surface area (Å²) in [5.41, 5.74) is 4.36. The minimum atomic E-state index is -0.544. The maximum absolute atomic E-state index is 12.4. The minimum Gasteiger partial charge on any atom is -0.402 e. The average molecular weight is 496 g/mol. The normalized spacial score (nSPS) is 14.5. The number of benzene rings is 2. The number of halogens is 1. The first-order chi connectivity index (χ1) is 14.8. The molecule has 1 aliphatic heterocycles. The molecular weight excluding hydrogens is 478 g/mol. The predicted octanol–water partition coefficient (Wildman–Crippen LogP) is 5.55. The first-order valence-corrected chi connectivity index (χ1v) is 11.1. The van der Waals surface area contributed by atoms with E-state index >= 15 is 0 Å². The minimum absolute atomic E-state index is 0.147. The second-order valence-electron chi connectivity index (χ2n) is 6.99. The number of hydrogen-bond donors (Lipinski definition) is 0. The van der Waals surface area contributed by atoms with Gasteiger partial charge in [0.15, 0.2) is 10.8 Å². The van der Waals surface area contributed by atoms with Crippen LogP contribution in [0.15, 0.2) is 63.0 Å². The molecule has 6 nitrogen and oxygen atoms in total. The maximum Gasteiger partial charge on any atom is 0.363 e. The lowest BCUT2D eigenvalue weighted by Gasteiger charge is -2.19. The second kappa shape index (κ2) is 8.56. The van der Waals surface area contributed by atoms with Crippen LogP contribution in [0.1, 0.15) is 29.3 Å². The summed E-state index contributed by atoms with van der Waals surface area (Å²) < 4.78 is 6.10. The van der Waals surface area contributed by atoms with Gasteiger partial charge in [0, 0.05) is 16.8 Å². The Morgan fingerprint density at radius 2 is 1.94 bits per heavy atom. The molecule has 0 atom stereocenters. The van der Waals surface area contributed by atoms with Crippen LogP contribution in [-0.2, 0) is 14.3 Å². The summed E-state index contributed by atoms with van der Waals surface area (Å²) in [7, 11) is 0. The molecule has 0 saturated carbocycles. The van der Waals surface area contributed by atoms with Crippen molar-refractivity contribution in [3.63, 3.8) is 0 Å². The van der Waals surface area contributed by atoms with Crippen molar-refractivity contribution < 1.29 is 14.3 Å². The highest BCUT2D eigenvalue weighted by atomic mass is 79.9. The third-order valence-electron chi connectivity index (χ3n) is 4.77. The number of carbonyl (C=O) groups excluding carboxylic acids is 2. The SMILES string of the molecule is CC(=O)N(c1ccc(C)c(C)c1)c1nc(/C=C2\N=C(c3ccccc3Br)OC2=O)cs1. The summed E-state index contributed by atoms with van der Waals surface area (Å²) in [5.74, 6) is -0.455. The van der Waals surface area contributed by atoms with Gasteiger partial charge in [-0.2, -0.15) is 0 Å². The molecule has 8 heteroatoms. The number of hydrogen-bond acceptors (Lipinski definition) is 6. The topological polar surface area (TPSA) is 71.9 Å². The van der Waals surface area contributed by atoms with Gasteiger partial charge in [-0.25, -0.2) is 14.8 Å². The number of amides is 1. The highest BCUT2D eigenvalue weighted by Crippen LogP contribution is 2.31. The van der Waals surface area contributed by atoms with E-state index in [9.17, 15) is 9.59 Å². The Labute approximate surface area is 192 Å². The lowest BCUT2D eigenvalue weighted by atomic mass is 10.1. The van der Waals surface area contributed by atoms with E-state index in [-0.39, 0.29) is 17.5 Å². The van der Waals surface area contributed by atoms with Crippen LogP contribution >= 0.6 is 27.3 Å². The van der Waals surface area contributed by atoms with E-state index in [0.29, 0.717) is 16.4 Å². The lowest BCUT2D eigenvalue weighted by Crippen LogP contribution is -2.22. The standard InChI is InChI=1S/C23H18BrN3O3S/c1-13-8-9-17(10-14(13)2)27(15(3)28)23-25-16(12-31-23)11-20-22(29)30-21(26-20)18-6-4-5-7-19(18)24/h4-12H,1-3H3/b20-11-. The van der Waals surface area contributed by atoms with Crippen molar-refractivity contribution in [1.29, 1.82) is 0 Å². The molecule has 1 amide bonds. The van der Waals surface area contributed by atoms with E-state index in [1.807, 2.05) is 56.3 Å². The molecule has 156 valence electrons. The van der Waals surface area contributed by atoms with Crippen molar-refractivity contribution >= 4 is 61.9 Å². The summed E-state index contributed by atoms with van der Waals surface area (Å²) >= 11 is 4.75. The second-order valence-corrected chi connectivity index (χ2v) is 8.68. The summed E-state index contributed by atoms with van der Waals surface area (Å²) in [6, 6.07) is 13.2. The largest absolute Gasteiger partial charge is 0.402 e. The zero-order valence-electron chi connectivity index (χ0n) is 17.0. The molecule has 2 aromatic carbocycles. The maximum atomic E-state index is 12.4. The number of carbonyl (C=O) groups is 2. The Balaban J connectivity index is 1.65. The van der Waals surface area contributed by atoms with E-state index in [0.717, 1.165) is 21.3 Å². The van der Waals surface area contributed by atoms with Crippen LogP contribution in [0, 0.1) is 13.8 Å². The van der Waals surface area contributed by atoms with Gasteiger partial charge < -0.3 is 4.74 Å². The molecule has 0 unspecified atom stereocenters. The average Bonchev–Trinajstić information content (AvgIpc) is 3.32. The Kier molecular flexibility index (Phi) is 5.84. The number of aromatic nitrogens is 1. The number of cyclic esters (lactones) is 1. The molecule has 3 aromatic rings. The van der Waals surface area contributed by atoms with Crippen LogP contribution in [0.25, 0.3) is 6.08 Å². The predicted molar refractivity (Wildman–Crippen MR) is 126 cm³/mol. The highest BCUT2D eigenvalue weighted by molar-refractivity contribution is 9.10. The molecule has 0 aliphatic carbocycles. The summed E-state index contributed by atoms with van der Waals surface area (Å²) in [4.78, 5) is 35.1. The van der Waals surface area contributed by atoms with Gasteiger partial charge >= 0.3 is 5.97 Å². The molecule has 1 aliphatic rings. The zero-order valence-corrected chi connectivity index (χ0v) is 19.5. The Morgan fingerprint density at radius 1 is 1.16 bits per heavy atom. The smallest absolute Gasteiger partial charge is 0.363 e. The van der Waals surface area contributed by atoms with Crippen LogP contribution in [0.2, 0.25) is 0 Å².